The number of aryl methyl sites for hydroxylation is 1. The molecule has 2 rings (SSSR count). The smallest absolute Gasteiger partial charge is 0.409 e. The number of piperazine rings is 1. The molecule has 0 spiro atoms. The Morgan fingerprint density at radius 2 is 1.70 bits per heavy atom. The summed E-state index contributed by atoms with van der Waals surface area (Å²) in [5.41, 5.74) is 0.437. The van der Waals surface area contributed by atoms with Crippen molar-refractivity contribution in [2.45, 2.75) is 40.5 Å². The predicted octanol–water partition coefficient (Wildman–Crippen LogP) is 2.33. The van der Waals surface area contributed by atoms with Gasteiger partial charge >= 0.3 is 6.09 Å². The third kappa shape index (κ3) is 5.55. The van der Waals surface area contributed by atoms with E-state index >= 15 is 0 Å². The molecular weight excluding hydrogens is 346 g/mol. The number of rotatable bonds is 7. The molecule has 150 valence electrons. The number of carbonyl (C=O) groups is 2. The molecule has 1 saturated heterocycles. The minimum Gasteiger partial charge on any atom is -0.450 e. The van der Waals surface area contributed by atoms with Gasteiger partial charge in [-0.25, -0.2) is 14.8 Å². The second-order valence-electron chi connectivity index (χ2n) is 6.62. The first-order valence-electron chi connectivity index (χ1n) is 9.81. The quantitative estimate of drug-likeness (QED) is 0.726. The fraction of sp³-hybridized carbons (Fsp3) is 0.684. The summed E-state index contributed by atoms with van der Waals surface area (Å²) in [5, 5.41) is 0. The van der Waals surface area contributed by atoms with Gasteiger partial charge in [-0.1, -0.05) is 13.8 Å². The van der Waals surface area contributed by atoms with Gasteiger partial charge in [-0.2, -0.15) is 0 Å². The van der Waals surface area contributed by atoms with Crippen molar-refractivity contribution in [3.63, 3.8) is 0 Å². The topological polar surface area (TPSA) is 78.9 Å². The second-order valence-corrected chi connectivity index (χ2v) is 6.62. The first-order valence-corrected chi connectivity index (χ1v) is 9.81. The van der Waals surface area contributed by atoms with Gasteiger partial charge in [0.15, 0.2) is 0 Å². The maximum atomic E-state index is 12.9. The Morgan fingerprint density at radius 1 is 1.07 bits per heavy atom. The van der Waals surface area contributed by atoms with E-state index in [2.05, 4.69) is 28.7 Å². The van der Waals surface area contributed by atoms with Crippen LogP contribution in [0.1, 0.15) is 49.9 Å². The van der Waals surface area contributed by atoms with Gasteiger partial charge < -0.3 is 19.4 Å². The van der Waals surface area contributed by atoms with Crippen molar-refractivity contribution in [1.29, 1.82) is 0 Å². The predicted molar refractivity (Wildman–Crippen MR) is 104 cm³/mol. The molecule has 0 radical (unpaired) electrons. The maximum Gasteiger partial charge on any atom is 0.409 e. The van der Waals surface area contributed by atoms with Gasteiger partial charge in [-0.15, -0.1) is 0 Å². The Kier molecular flexibility index (Phi) is 7.82. The fourth-order valence-corrected chi connectivity index (χ4v) is 3.17. The molecule has 8 nitrogen and oxygen atoms in total. The summed E-state index contributed by atoms with van der Waals surface area (Å²) in [4.78, 5) is 39.2. The van der Waals surface area contributed by atoms with E-state index in [-0.39, 0.29) is 12.0 Å². The average Bonchev–Trinajstić information content (AvgIpc) is 2.67. The van der Waals surface area contributed by atoms with Gasteiger partial charge in [0.1, 0.15) is 17.3 Å². The highest BCUT2D eigenvalue weighted by molar-refractivity contribution is 5.93. The summed E-state index contributed by atoms with van der Waals surface area (Å²) < 4.78 is 5.06. The summed E-state index contributed by atoms with van der Waals surface area (Å²) >= 11 is 0. The van der Waals surface area contributed by atoms with Gasteiger partial charge in [-0.3, -0.25) is 4.79 Å². The molecule has 0 bridgehead atoms. The fourth-order valence-electron chi connectivity index (χ4n) is 3.17. The molecule has 0 aromatic carbocycles. The van der Waals surface area contributed by atoms with Gasteiger partial charge in [0.25, 0.3) is 5.91 Å². The Balaban J connectivity index is 2.11. The largest absolute Gasteiger partial charge is 0.450 e. The zero-order chi connectivity index (χ0) is 19.8. The van der Waals surface area contributed by atoms with E-state index in [1.54, 1.807) is 24.8 Å². The molecule has 0 N–H and O–H groups in total. The van der Waals surface area contributed by atoms with Crippen LogP contribution in [0.3, 0.4) is 0 Å². The summed E-state index contributed by atoms with van der Waals surface area (Å²) in [7, 11) is 0. The van der Waals surface area contributed by atoms with Crippen LogP contribution < -0.4 is 4.90 Å². The van der Waals surface area contributed by atoms with E-state index in [9.17, 15) is 9.59 Å². The normalized spacial score (nSPS) is 14.2. The zero-order valence-corrected chi connectivity index (χ0v) is 16.9. The summed E-state index contributed by atoms with van der Waals surface area (Å²) in [6.45, 7) is 12.0. The molecule has 1 aromatic heterocycles. The van der Waals surface area contributed by atoms with Crippen molar-refractivity contribution >= 4 is 17.8 Å². The molecule has 0 aliphatic carbocycles. The maximum absolute atomic E-state index is 12.9. The molecule has 0 saturated carbocycles. The first-order chi connectivity index (χ1) is 13.0. The second kappa shape index (κ2) is 10.1. The number of anilines is 1. The highest BCUT2D eigenvalue weighted by Gasteiger charge is 2.24. The number of ether oxygens (including phenoxy) is 1. The molecule has 1 aliphatic rings. The lowest BCUT2D eigenvalue weighted by molar-refractivity contribution is 0.0749. The molecule has 1 aromatic rings. The molecule has 8 heteroatoms. The van der Waals surface area contributed by atoms with Crippen LogP contribution in [0.5, 0.6) is 0 Å². The molecule has 1 fully saturated rings. The number of nitrogens with zero attached hydrogens (tertiary/aromatic N) is 5. The van der Waals surface area contributed by atoms with Crippen LogP contribution in [0.2, 0.25) is 0 Å². The third-order valence-electron chi connectivity index (χ3n) is 4.45. The lowest BCUT2D eigenvalue weighted by Gasteiger charge is -2.35. The number of hydrogen-bond donors (Lipinski definition) is 0. The lowest BCUT2D eigenvalue weighted by atomic mass is 10.2. The van der Waals surface area contributed by atoms with Crippen LogP contribution in [0.25, 0.3) is 0 Å². The van der Waals surface area contributed by atoms with Crippen LogP contribution in [-0.2, 0) is 4.74 Å². The van der Waals surface area contributed by atoms with Crippen LogP contribution in [0.4, 0.5) is 10.6 Å². The van der Waals surface area contributed by atoms with Crippen molar-refractivity contribution in [2.75, 3.05) is 50.8 Å². The van der Waals surface area contributed by atoms with Crippen LogP contribution in [0.15, 0.2) is 6.07 Å². The van der Waals surface area contributed by atoms with Gasteiger partial charge in [0.05, 0.1) is 6.61 Å². The lowest BCUT2D eigenvalue weighted by Crippen LogP contribution is -2.49. The van der Waals surface area contributed by atoms with E-state index in [1.807, 2.05) is 4.90 Å². The minimum absolute atomic E-state index is 0.0457. The van der Waals surface area contributed by atoms with Crippen LogP contribution in [-0.4, -0.2) is 77.6 Å². The van der Waals surface area contributed by atoms with E-state index in [0.29, 0.717) is 44.3 Å². The summed E-state index contributed by atoms with van der Waals surface area (Å²) in [5.74, 6) is 1.27. The number of aromatic nitrogens is 2. The standard InChI is InChI=1S/C19H31N5O3/c1-5-8-23(9-6-2)18(25)16-14-17(21-15(4)20-16)22-10-12-24(13-11-22)19(26)27-7-3/h14H,5-13H2,1-4H3. The highest BCUT2D eigenvalue weighted by Crippen LogP contribution is 2.17. The number of hydrogen-bond acceptors (Lipinski definition) is 6. The van der Waals surface area contributed by atoms with E-state index in [1.165, 1.54) is 0 Å². The highest BCUT2D eigenvalue weighted by atomic mass is 16.6. The average molecular weight is 377 g/mol. The monoisotopic (exact) mass is 377 g/mol. The molecular formula is C19H31N5O3. The van der Waals surface area contributed by atoms with E-state index in [0.717, 1.165) is 31.7 Å². The van der Waals surface area contributed by atoms with Crippen LogP contribution >= 0.6 is 0 Å². The molecule has 0 atom stereocenters. The molecule has 0 unspecified atom stereocenters. The van der Waals surface area contributed by atoms with E-state index in [4.69, 9.17) is 4.74 Å². The third-order valence-corrected chi connectivity index (χ3v) is 4.45. The molecule has 27 heavy (non-hydrogen) atoms. The summed E-state index contributed by atoms with van der Waals surface area (Å²) in [6.07, 6.45) is 1.55. The first kappa shape index (κ1) is 20.9. The van der Waals surface area contributed by atoms with Crippen LogP contribution in [0, 0.1) is 6.92 Å². The Hall–Kier alpha value is -2.38. The Labute approximate surface area is 161 Å². The SMILES string of the molecule is CCCN(CCC)C(=O)c1cc(N2CCN(C(=O)OCC)CC2)nc(C)n1. The number of carbonyl (C=O) groups excluding carboxylic acids is 2. The summed E-state index contributed by atoms with van der Waals surface area (Å²) in [6, 6.07) is 1.77. The van der Waals surface area contributed by atoms with Crippen molar-refractivity contribution < 1.29 is 14.3 Å². The molecule has 2 amide bonds. The van der Waals surface area contributed by atoms with Crippen molar-refractivity contribution in [1.82, 2.24) is 19.8 Å². The molecule has 1 aliphatic heterocycles. The van der Waals surface area contributed by atoms with Gasteiger partial charge in [0, 0.05) is 45.3 Å². The van der Waals surface area contributed by atoms with Crippen molar-refractivity contribution in [3.8, 4) is 0 Å². The van der Waals surface area contributed by atoms with E-state index < -0.39 is 0 Å². The van der Waals surface area contributed by atoms with Crippen molar-refractivity contribution in [2.24, 2.45) is 0 Å². The zero-order valence-electron chi connectivity index (χ0n) is 16.9. The van der Waals surface area contributed by atoms with Gasteiger partial charge in [-0.05, 0) is 26.7 Å². The van der Waals surface area contributed by atoms with Gasteiger partial charge in [0.2, 0.25) is 0 Å². The Morgan fingerprint density at radius 3 is 2.26 bits per heavy atom. The molecule has 2 heterocycles. The number of amides is 2. The minimum atomic E-state index is -0.276. The Bertz CT molecular complexity index is 638. The van der Waals surface area contributed by atoms with Crippen molar-refractivity contribution in [3.05, 3.63) is 17.6 Å².